The lowest BCUT2D eigenvalue weighted by Crippen LogP contribution is -2.27. The molecule has 1 aliphatic rings. The summed E-state index contributed by atoms with van der Waals surface area (Å²) in [4.78, 5) is 39.8. The lowest BCUT2D eigenvalue weighted by molar-refractivity contribution is -0.123. The number of hydrogen-bond acceptors (Lipinski definition) is 6. The van der Waals surface area contributed by atoms with Crippen molar-refractivity contribution in [3.05, 3.63) is 107 Å². The Kier molecular flexibility index (Phi) is 8.17. The summed E-state index contributed by atoms with van der Waals surface area (Å²) in [5.74, 6) is 0.210. The van der Waals surface area contributed by atoms with Gasteiger partial charge in [-0.15, -0.1) is 0 Å². The maximum absolute atomic E-state index is 13.1. The first-order valence-electron chi connectivity index (χ1n) is 12.9. The van der Waals surface area contributed by atoms with Gasteiger partial charge in [0.05, 0.1) is 18.1 Å². The molecule has 3 amide bonds. The Balaban J connectivity index is 1.26. The van der Waals surface area contributed by atoms with Crippen LogP contribution < -0.4 is 14.8 Å². The molecule has 40 heavy (non-hydrogen) atoms. The molecule has 1 aliphatic heterocycles. The third-order valence-electron chi connectivity index (χ3n) is 6.29. The van der Waals surface area contributed by atoms with E-state index >= 15 is 0 Å². The van der Waals surface area contributed by atoms with Gasteiger partial charge in [0.1, 0.15) is 0 Å². The molecule has 0 saturated carbocycles. The van der Waals surface area contributed by atoms with Gasteiger partial charge in [0.15, 0.2) is 18.1 Å². The average Bonchev–Trinajstić information content (AvgIpc) is 3.21. The molecular formula is C32H28N2O5S. The van der Waals surface area contributed by atoms with Gasteiger partial charge in [-0.1, -0.05) is 60.2 Å². The van der Waals surface area contributed by atoms with Crippen LogP contribution in [-0.4, -0.2) is 35.2 Å². The molecule has 1 saturated heterocycles. The number of thioether (sulfide) groups is 1. The summed E-state index contributed by atoms with van der Waals surface area (Å²) in [6.07, 6.45) is 1.67. The highest BCUT2D eigenvalue weighted by atomic mass is 32.2. The Hall–Kier alpha value is -4.56. The number of hydrogen-bond donors (Lipinski definition) is 1. The molecule has 5 rings (SSSR count). The van der Waals surface area contributed by atoms with Crippen molar-refractivity contribution in [3.8, 4) is 11.5 Å². The van der Waals surface area contributed by atoms with Crippen LogP contribution in [0, 0.1) is 6.92 Å². The quantitative estimate of drug-likeness (QED) is 0.230. The van der Waals surface area contributed by atoms with E-state index in [-0.39, 0.29) is 30.2 Å². The predicted molar refractivity (Wildman–Crippen MR) is 158 cm³/mol. The molecule has 8 heteroatoms. The van der Waals surface area contributed by atoms with E-state index in [0.717, 1.165) is 33.7 Å². The fourth-order valence-electron chi connectivity index (χ4n) is 4.29. The van der Waals surface area contributed by atoms with Crippen molar-refractivity contribution < 1.29 is 23.9 Å². The maximum atomic E-state index is 13.1. The molecule has 0 aromatic heterocycles. The lowest BCUT2D eigenvalue weighted by Gasteiger charge is -2.13. The Bertz CT molecular complexity index is 1610. The van der Waals surface area contributed by atoms with Crippen LogP contribution in [0.1, 0.15) is 23.6 Å². The summed E-state index contributed by atoms with van der Waals surface area (Å²) in [5.41, 5.74) is 3.35. The number of carbonyl (C=O) groups is 3. The summed E-state index contributed by atoms with van der Waals surface area (Å²) in [5, 5.41) is 4.65. The minimum atomic E-state index is -0.339. The van der Waals surface area contributed by atoms with Crippen molar-refractivity contribution >= 4 is 51.4 Å². The number of ether oxygens (including phenoxy) is 2. The first kappa shape index (κ1) is 27.0. The number of aryl methyl sites for hydroxylation is 1. The van der Waals surface area contributed by atoms with Gasteiger partial charge in [-0.05, 0) is 83.9 Å². The van der Waals surface area contributed by atoms with Crippen LogP contribution in [0.15, 0.2) is 89.8 Å². The molecule has 1 fully saturated rings. The van der Waals surface area contributed by atoms with Crippen molar-refractivity contribution in [2.45, 2.75) is 20.4 Å². The Labute approximate surface area is 236 Å². The minimum Gasteiger partial charge on any atom is -0.490 e. The van der Waals surface area contributed by atoms with E-state index < -0.39 is 0 Å². The minimum absolute atomic E-state index is 0.193. The zero-order chi connectivity index (χ0) is 28.1. The highest BCUT2D eigenvalue weighted by Crippen LogP contribution is 2.35. The number of nitrogens with one attached hydrogen (secondary N) is 1. The third-order valence-corrected chi connectivity index (χ3v) is 7.20. The molecule has 4 aromatic rings. The largest absolute Gasteiger partial charge is 0.490 e. The van der Waals surface area contributed by atoms with Crippen molar-refractivity contribution in [1.82, 2.24) is 4.90 Å². The van der Waals surface area contributed by atoms with Crippen molar-refractivity contribution in [2.75, 3.05) is 18.5 Å². The number of nitrogens with zero attached hydrogens (tertiary/aromatic N) is 1. The molecule has 1 N–H and O–H groups in total. The highest BCUT2D eigenvalue weighted by molar-refractivity contribution is 8.18. The summed E-state index contributed by atoms with van der Waals surface area (Å²) in [6.45, 7) is 4.22. The summed E-state index contributed by atoms with van der Waals surface area (Å²) >= 11 is 0.912. The first-order chi connectivity index (χ1) is 19.4. The van der Waals surface area contributed by atoms with E-state index in [2.05, 4.69) is 5.32 Å². The second-order valence-corrected chi connectivity index (χ2v) is 10.3. The van der Waals surface area contributed by atoms with E-state index in [4.69, 9.17) is 9.47 Å². The van der Waals surface area contributed by atoms with E-state index in [0.29, 0.717) is 34.3 Å². The molecule has 0 unspecified atom stereocenters. The number of fused-ring (bicyclic) bond motifs is 1. The second-order valence-electron chi connectivity index (χ2n) is 9.29. The van der Waals surface area contributed by atoms with E-state index in [1.807, 2.05) is 80.6 Å². The molecule has 0 aliphatic carbocycles. The smallest absolute Gasteiger partial charge is 0.293 e. The average molecular weight is 553 g/mol. The Morgan fingerprint density at radius 3 is 2.45 bits per heavy atom. The molecule has 202 valence electrons. The second kappa shape index (κ2) is 12.1. The third kappa shape index (κ3) is 6.35. The molecule has 4 aromatic carbocycles. The van der Waals surface area contributed by atoms with Gasteiger partial charge in [-0.25, -0.2) is 0 Å². The van der Waals surface area contributed by atoms with Crippen molar-refractivity contribution in [2.24, 2.45) is 0 Å². The van der Waals surface area contributed by atoms with Crippen molar-refractivity contribution in [1.29, 1.82) is 0 Å². The number of anilines is 1. The zero-order valence-electron chi connectivity index (χ0n) is 22.2. The zero-order valence-corrected chi connectivity index (χ0v) is 23.0. The maximum Gasteiger partial charge on any atom is 0.293 e. The molecule has 0 bridgehead atoms. The molecule has 0 spiro atoms. The fourth-order valence-corrected chi connectivity index (χ4v) is 5.12. The lowest BCUT2D eigenvalue weighted by atomic mass is 10.1. The summed E-state index contributed by atoms with van der Waals surface area (Å²) < 4.78 is 11.5. The van der Waals surface area contributed by atoms with Gasteiger partial charge in [-0.2, -0.15) is 0 Å². The molecule has 7 nitrogen and oxygen atoms in total. The van der Waals surface area contributed by atoms with Gasteiger partial charge in [0.2, 0.25) is 0 Å². The first-order valence-corrected chi connectivity index (χ1v) is 13.7. The highest BCUT2D eigenvalue weighted by Gasteiger charge is 2.35. The summed E-state index contributed by atoms with van der Waals surface area (Å²) in [7, 11) is 0. The predicted octanol–water partition coefficient (Wildman–Crippen LogP) is 6.80. The topological polar surface area (TPSA) is 84.9 Å². The van der Waals surface area contributed by atoms with Crippen LogP contribution in [0.3, 0.4) is 0 Å². The number of carbonyl (C=O) groups excluding carboxylic acids is 3. The van der Waals surface area contributed by atoms with Gasteiger partial charge in [0.25, 0.3) is 17.1 Å². The van der Waals surface area contributed by atoms with Crippen LogP contribution in [0.2, 0.25) is 0 Å². The number of benzene rings is 4. The monoisotopic (exact) mass is 552 g/mol. The van der Waals surface area contributed by atoms with Crippen LogP contribution in [0.25, 0.3) is 16.8 Å². The Morgan fingerprint density at radius 2 is 1.68 bits per heavy atom. The van der Waals surface area contributed by atoms with Gasteiger partial charge in [0, 0.05) is 5.69 Å². The Morgan fingerprint density at radius 1 is 0.900 bits per heavy atom. The van der Waals surface area contributed by atoms with Crippen LogP contribution in [0.4, 0.5) is 10.5 Å². The van der Waals surface area contributed by atoms with E-state index in [1.54, 1.807) is 24.3 Å². The SMILES string of the molecule is CCOc1cc(/C=C2\SC(=O)N(Cc3ccc4ccccc4c3)C2=O)ccc1OCC(=O)Nc1ccc(C)cc1. The molecule has 0 atom stereocenters. The summed E-state index contributed by atoms with van der Waals surface area (Å²) in [6, 6.07) is 26.6. The van der Waals surface area contributed by atoms with Gasteiger partial charge < -0.3 is 14.8 Å². The number of amides is 3. The number of rotatable bonds is 9. The van der Waals surface area contributed by atoms with E-state index in [9.17, 15) is 14.4 Å². The molecule has 0 radical (unpaired) electrons. The van der Waals surface area contributed by atoms with E-state index in [1.165, 1.54) is 4.90 Å². The van der Waals surface area contributed by atoms with Crippen LogP contribution in [0.5, 0.6) is 11.5 Å². The molecule has 1 heterocycles. The normalized spacial score (nSPS) is 14.2. The van der Waals surface area contributed by atoms with Crippen LogP contribution in [-0.2, 0) is 16.1 Å². The molecular weight excluding hydrogens is 524 g/mol. The number of imide groups is 1. The van der Waals surface area contributed by atoms with Gasteiger partial charge in [-0.3, -0.25) is 19.3 Å². The fraction of sp³-hybridized carbons (Fsp3) is 0.156. The standard InChI is InChI=1S/C32H28N2O5S/c1-3-38-28-17-22(11-15-27(28)39-20-30(35)33-26-13-8-21(2)9-14-26)18-29-31(36)34(32(37)40-29)19-23-10-12-24-6-4-5-7-25(24)16-23/h4-18H,3,19-20H2,1-2H3,(H,33,35)/b29-18-. The van der Waals surface area contributed by atoms with Gasteiger partial charge >= 0.3 is 0 Å². The van der Waals surface area contributed by atoms with Crippen molar-refractivity contribution in [3.63, 3.8) is 0 Å². The van der Waals surface area contributed by atoms with Crippen LogP contribution >= 0.6 is 11.8 Å².